The summed E-state index contributed by atoms with van der Waals surface area (Å²) in [6.07, 6.45) is 13.0. The number of terminal acetylenes is 1. The topological polar surface area (TPSA) is 97.8 Å². The second kappa shape index (κ2) is 11.7. The van der Waals surface area contributed by atoms with Crippen molar-refractivity contribution in [3.05, 3.63) is 47.7 Å². The monoisotopic (exact) mass is 512 g/mol. The standard InChI is InChI=1S/C29H36N8O/c1-4-14-30-28(38)24-19-31-29(32-22-9-11-23(12-10-22)37-17-15-36(3)16-18-37)35-27(24)34-25-13-8-21-7-6-20(5-2)26(21)33-25/h1,8-12,19-20,25H,5-7,13-18H2,2-3H3,(H,30,38)(H2,31,32,34,35). The molecule has 2 atom stereocenters. The lowest BCUT2D eigenvalue weighted by atomic mass is 10.00. The summed E-state index contributed by atoms with van der Waals surface area (Å²) in [5.74, 6) is 3.46. The minimum Gasteiger partial charge on any atom is -0.369 e. The van der Waals surface area contributed by atoms with Crippen LogP contribution >= 0.6 is 0 Å². The Hall–Kier alpha value is -3.90. The van der Waals surface area contributed by atoms with Gasteiger partial charge < -0.3 is 25.8 Å². The molecule has 2 aliphatic heterocycles. The number of aromatic nitrogens is 2. The van der Waals surface area contributed by atoms with Gasteiger partial charge in [0.2, 0.25) is 5.95 Å². The van der Waals surface area contributed by atoms with E-state index in [1.165, 1.54) is 23.2 Å². The largest absolute Gasteiger partial charge is 0.369 e. The molecule has 3 aliphatic rings. The minimum absolute atomic E-state index is 0.133. The molecule has 0 radical (unpaired) electrons. The van der Waals surface area contributed by atoms with E-state index in [9.17, 15) is 4.79 Å². The van der Waals surface area contributed by atoms with Gasteiger partial charge in [-0.15, -0.1) is 6.42 Å². The number of dihydropyridines is 1. The van der Waals surface area contributed by atoms with Crippen LogP contribution in [0.1, 0.15) is 43.0 Å². The van der Waals surface area contributed by atoms with E-state index in [1.807, 2.05) is 12.1 Å². The molecule has 9 heteroatoms. The SMILES string of the molecule is C#CCNC(=O)c1cnc(Nc2ccc(N3CCN(C)CC3)cc2)nc1NC1CC=C2CCC(CC)C2=N1. The number of likely N-dealkylation sites (N-methyl/N-ethyl adjacent to an activating group) is 1. The lowest BCUT2D eigenvalue weighted by molar-refractivity contribution is 0.0959. The Bertz CT molecular complexity index is 1250. The molecule has 38 heavy (non-hydrogen) atoms. The molecule has 0 bridgehead atoms. The van der Waals surface area contributed by atoms with Gasteiger partial charge in [0.05, 0.1) is 6.54 Å². The van der Waals surface area contributed by atoms with Crippen LogP contribution in [0.4, 0.5) is 23.1 Å². The van der Waals surface area contributed by atoms with Gasteiger partial charge in [-0.1, -0.05) is 18.9 Å². The average Bonchev–Trinajstić information content (AvgIpc) is 3.35. The first-order chi connectivity index (χ1) is 18.5. The summed E-state index contributed by atoms with van der Waals surface area (Å²) in [7, 11) is 2.16. The van der Waals surface area contributed by atoms with E-state index >= 15 is 0 Å². The summed E-state index contributed by atoms with van der Waals surface area (Å²) < 4.78 is 0. The summed E-state index contributed by atoms with van der Waals surface area (Å²) in [6.45, 7) is 6.51. The van der Waals surface area contributed by atoms with Crippen molar-refractivity contribution in [2.75, 3.05) is 55.3 Å². The first-order valence-corrected chi connectivity index (χ1v) is 13.5. The number of benzene rings is 1. The number of hydrogen-bond acceptors (Lipinski definition) is 8. The number of amides is 1. The van der Waals surface area contributed by atoms with E-state index in [4.69, 9.17) is 11.4 Å². The quantitative estimate of drug-likeness (QED) is 0.465. The molecule has 2 aromatic rings. The number of anilines is 4. The Kier molecular flexibility index (Phi) is 7.89. The highest BCUT2D eigenvalue weighted by Gasteiger charge is 2.29. The van der Waals surface area contributed by atoms with Gasteiger partial charge in [-0.25, -0.2) is 4.98 Å². The number of carbonyl (C=O) groups excluding carboxylic acids is 1. The minimum atomic E-state index is -0.319. The third-order valence-corrected chi connectivity index (χ3v) is 7.53. The lowest BCUT2D eigenvalue weighted by Crippen LogP contribution is -2.44. The summed E-state index contributed by atoms with van der Waals surface area (Å²) in [6, 6.07) is 8.29. The van der Waals surface area contributed by atoms with Crippen LogP contribution in [-0.2, 0) is 0 Å². The lowest BCUT2D eigenvalue weighted by Gasteiger charge is -2.34. The van der Waals surface area contributed by atoms with Crippen LogP contribution < -0.4 is 20.9 Å². The number of carbonyl (C=O) groups is 1. The maximum atomic E-state index is 12.8. The zero-order valence-electron chi connectivity index (χ0n) is 22.2. The molecule has 198 valence electrons. The zero-order valence-corrected chi connectivity index (χ0v) is 22.2. The van der Waals surface area contributed by atoms with Gasteiger partial charge >= 0.3 is 0 Å². The van der Waals surface area contributed by atoms with Gasteiger partial charge in [0.25, 0.3) is 5.91 Å². The van der Waals surface area contributed by atoms with Crippen molar-refractivity contribution in [2.24, 2.45) is 10.9 Å². The second-order valence-electron chi connectivity index (χ2n) is 10.1. The predicted molar refractivity (Wildman–Crippen MR) is 153 cm³/mol. The van der Waals surface area contributed by atoms with Crippen molar-refractivity contribution in [2.45, 2.75) is 38.8 Å². The van der Waals surface area contributed by atoms with Crippen LogP contribution in [0.15, 0.2) is 47.1 Å². The molecule has 2 fully saturated rings. The van der Waals surface area contributed by atoms with Gasteiger partial charge in [-0.3, -0.25) is 9.79 Å². The Balaban J connectivity index is 1.34. The number of rotatable bonds is 8. The maximum absolute atomic E-state index is 12.8. The maximum Gasteiger partial charge on any atom is 0.257 e. The predicted octanol–water partition coefficient (Wildman–Crippen LogP) is 3.66. The average molecular weight is 513 g/mol. The Morgan fingerprint density at radius 3 is 2.71 bits per heavy atom. The molecule has 1 aromatic heterocycles. The Morgan fingerprint density at radius 2 is 1.97 bits per heavy atom. The first-order valence-electron chi connectivity index (χ1n) is 13.5. The molecule has 1 amide bonds. The number of allylic oxidation sites excluding steroid dienone is 1. The molecule has 1 saturated heterocycles. The van der Waals surface area contributed by atoms with Crippen LogP contribution in [0.2, 0.25) is 0 Å². The number of fused-ring (bicyclic) bond motifs is 1. The van der Waals surface area contributed by atoms with Gasteiger partial charge in [-0.2, -0.15) is 4.98 Å². The number of nitrogens with zero attached hydrogens (tertiary/aromatic N) is 5. The molecule has 2 unspecified atom stereocenters. The van der Waals surface area contributed by atoms with Crippen molar-refractivity contribution in [1.29, 1.82) is 0 Å². The third-order valence-electron chi connectivity index (χ3n) is 7.53. The highest BCUT2D eigenvalue weighted by Crippen LogP contribution is 2.34. The van der Waals surface area contributed by atoms with Crippen molar-refractivity contribution < 1.29 is 4.79 Å². The smallest absolute Gasteiger partial charge is 0.257 e. The van der Waals surface area contributed by atoms with Crippen LogP contribution in [0.3, 0.4) is 0 Å². The molecule has 3 N–H and O–H groups in total. The molecule has 0 spiro atoms. The van der Waals surface area contributed by atoms with E-state index in [1.54, 1.807) is 0 Å². The van der Waals surface area contributed by atoms with Crippen LogP contribution in [-0.4, -0.2) is 72.4 Å². The number of piperazine rings is 1. The number of hydrogen-bond donors (Lipinski definition) is 3. The third kappa shape index (κ3) is 5.81. The van der Waals surface area contributed by atoms with Crippen LogP contribution in [0, 0.1) is 18.3 Å². The Labute approximate surface area is 224 Å². The molecule has 1 saturated carbocycles. The van der Waals surface area contributed by atoms with E-state index < -0.39 is 0 Å². The number of nitrogens with one attached hydrogen (secondary N) is 3. The molecule has 1 aliphatic carbocycles. The fourth-order valence-electron chi connectivity index (χ4n) is 5.27. The van der Waals surface area contributed by atoms with Gasteiger partial charge in [0.1, 0.15) is 17.5 Å². The van der Waals surface area contributed by atoms with Crippen LogP contribution in [0.25, 0.3) is 0 Å². The molecule has 9 nitrogen and oxygen atoms in total. The number of aliphatic imine (C=N–C) groups is 1. The normalized spacial score (nSPS) is 21.1. The van der Waals surface area contributed by atoms with Crippen LogP contribution in [0.5, 0.6) is 0 Å². The molecular weight excluding hydrogens is 476 g/mol. The van der Waals surface area contributed by atoms with Gasteiger partial charge in [-0.05, 0) is 56.1 Å². The highest BCUT2D eigenvalue weighted by molar-refractivity contribution is 6.04. The summed E-state index contributed by atoms with van der Waals surface area (Å²) in [5, 5.41) is 9.40. The fraction of sp³-hybridized carbons (Fsp3) is 0.448. The second-order valence-corrected chi connectivity index (χ2v) is 10.1. The summed E-state index contributed by atoms with van der Waals surface area (Å²) in [5.41, 5.74) is 4.98. The highest BCUT2D eigenvalue weighted by atomic mass is 16.1. The summed E-state index contributed by atoms with van der Waals surface area (Å²) >= 11 is 0. The van der Waals surface area contributed by atoms with Crippen molar-refractivity contribution in [1.82, 2.24) is 20.2 Å². The van der Waals surface area contributed by atoms with Crippen molar-refractivity contribution >= 4 is 34.8 Å². The van der Waals surface area contributed by atoms with Crippen molar-refractivity contribution in [3.8, 4) is 12.3 Å². The Morgan fingerprint density at radius 1 is 1.18 bits per heavy atom. The van der Waals surface area contributed by atoms with E-state index in [0.29, 0.717) is 23.2 Å². The van der Waals surface area contributed by atoms with Gasteiger partial charge in [0, 0.05) is 61.8 Å². The molecule has 1 aromatic carbocycles. The van der Waals surface area contributed by atoms with E-state index in [2.05, 4.69) is 73.8 Å². The first kappa shape index (κ1) is 25.7. The van der Waals surface area contributed by atoms with Crippen molar-refractivity contribution in [3.63, 3.8) is 0 Å². The van der Waals surface area contributed by atoms with E-state index in [-0.39, 0.29) is 18.6 Å². The van der Waals surface area contributed by atoms with E-state index in [0.717, 1.165) is 57.5 Å². The molecule has 3 heterocycles. The zero-order chi connectivity index (χ0) is 26.5. The molecular formula is C29H36N8O. The fourth-order valence-corrected chi connectivity index (χ4v) is 5.27. The van der Waals surface area contributed by atoms with Gasteiger partial charge in [0.15, 0.2) is 0 Å². The summed E-state index contributed by atoms with van der Waals surface area (Å²) in [4.78, 5) is 31.7. The molecule has 5 rings (SSSR count).